The van der Waals surface area contributed by atoms with Gasteiger partial charge < -0.3 is 5.32 Å². The molecule has 2 aliphatic rings. The van der Waals surface area contributed by atoms with Crippen molar-refractivity contribution in [3.8, 4) is 0 Å². The van der Waals surface area contributed by atoms with Crippen LogP contribution in [0.3, 0.4) is 0 Å². The van der Waals surface area contributed by atoms with Crippen LogP contribution in [0.2, 0.25) is 0 Å². The van der Waals surface area contributed by atoms with Gasteiger partial charge in [-0.3, -0.25) is 9.10 Å². The normalized spacial score (nSPS) is 21.0. The van der Waals surface area contributed by atoms with Crippen LogP contribution in [0.1, 0.15) is 37.8 Å². The van der Waals surface area contributed by atoms with Gasteiger partial charge in [0.2, 0.25) is 5.91 Å². The van der Waals surface area contributed by atoms with Crippen molar-refractivity contribution >= 4 is 27.3 Å². The highest BCUT2D eigenvalue weighted by atomic mass is 32.2. The molecule has 0 aromatic heterocycles. The summed E-state index contributed by atoms with van der Waals surface area (Å²) in [5.41, 5.74) is 2.45. The number of fused-ring (bicyclic) bond motifs is 2. The van der Waals surface area contributed by atoms with Gasteiger partial charge in [-0.05, 0) is 49.2 Å². The van der Waals surface area contributed by atoms with E-state index in [2.05, 4.69) is 5.32 Å². The molecule has 0 bridgehead atoms. The first kappa shape index (κ1) is 16.1. The van der Waals surface area contributed by atoms with E-state index in [-0.39, 0.29) is 16.7 Å². The number of nitrogens with zero attached hydrogens (tertiary/aromatic N) is 1. The van der Waals surface area contributed by atoms with Crippen molar-refractivity contribution in [2.45, 2.75) is 37.0 Å². The van der Waals surface area contributed by atoms with Gasteiger partial charge in [0.25, 0.3) is 10.0 Å². The first-order valence-corrected chi connectivity index (χ1v) is 9.74. The molecule has 0 aliphatic carbocycles. The maximum absolute atomic E-state index is 13.3. The molecule has 0 radical (unpaired) electrons. The van der Waals surface area contributed by atoms with Gasteiger partial charge in [0.1, 0.15) is 0 Å². The van der Waals surface area contributed by atoms with E-state index in [9.17, 15) is 13.2 Å². The van der Waals surface area contributed by atoms with Crippen LogP contribution >= 0.6 is 0 Å². The molecule has 0 spiro atoms. The Bertz CT molecular complexity index is 995. The van der Waals surface area contributed by atoms with Gasteiger partial charge in [0.15, 0.2) is 0 Å². The van der Waals surface area contributed by atoms with E-state index in [1.165, 1.54) is 4.31 Å². The predicted molar refractivity (Wildman–Crippen MR) is 97.5 cm³/mol. The first-order chi connectivity index (χ1) is 11.7. The molecular formula is C19H20N2O3S. The Morgan fingerprint density at radius 1 is 1.16 bits per heavy atom. The molecule has 2 heterocycles. The number of amides is 1. The predicted octanol–water partition coefficient (Wildman–Crippen LogP) is 3.23. The molecule has 25 heavy (non-hydrogen) atoms. The molecule has 1 N–H and O–H groups in total. The van der Waals surface area contributed by atoms with Crippen LogP contribution in [-0.4, -0.2) is 20.9 Å². The summed E-state index contributed by atoms with van der Waals surface area (Å²) in [6, 6.07) is 12.5. The fraction of sp³-hybridized carbons (Fsp3) is 0.316. The standard InChI is InChI=1S/C19H20N2O3S/c1-12-11-21(17-7-5-4-6-14(12)17)25(23,24)13-8-9-16-15(10-13)19(2,3)18(22)20-16/h4-10,12H,11H2,1-3H3,(H,20,22). The summed E-state index contributed by atoms with van der Waals surface area (Å²) in [4.78, 5) is 12.3. The molecule has 130 valence electrons. The minimum Gasteiger partial charge on any atom is -0.325 e. The van der Waals surface area contributed by atoms with Crippen molar-refractivity contribution < 1.29 is 13.2 Å². The van der Waals surface area contributed by atoms with E-state index in [4.69, 9.17) is 0 Å². The van der Waals surface area contributed by atoms with E-state index < -0.39 is 15.4 Å². The number of carbonyl (C=O) groups is 1. The lowest BCUT2D eigenvalue weighted by Gasteiger charge is -2.21. The van der Waals surface area contributed by atoms with E-state index in [1.807, 2.05) is 31.2 Å². The van der Waals surface area contributed by atoms with Gasteiger partial charge in [0, 0.05) is 18.2 Å². The fourth-order valence-corrected chi connectivity index (χ4v) is 5.25. The summed E-state index contributed by atoms with van der Waals surface area (Å²) in [7, 11) is -3.68. The molecule has 2 aliphatic heterocycles. The average molecular weight is 356 g/mol. The Morgan fingerprint density at radius 3 is 2.64 bits per heavy atom. The molecule has 0 saturated carbocycles. The number of nitrogens with one attached hydrogen (secondary N) is 1. The lowest BCUT2D eigenvalue weighted by molar-refractivity contribution is -0.119. The Labute approximate surface area is 147 Å². The molecule has 1 atom stereocenters. The molecule has 1 amide bonds. The van der Waals surface area contributed by atoms with E-state index in [1.54, 1.807) is 32.0 Å². The number of hydrogen-bond acceptors (Lipinski definition) is 3. The summed E-state index contributed by atoms with van der Waals surface area (Å²) in [6.45, 7) is 6.07. The number of sulfonamides is 1. The molecule has 6 heteroatoms. The van der Waals surface area contributed by atoms with Crippen LogP contribution in [0, 0.1) is 0 Å². The second-order valence-corrected chi connectivity index (χ2v) is 9.14. The van der Waals surface area contributed by atoms with Crippen LogP contribution in [0.5, 0.6) is 0 Å². The van der Waals surface area contributed by atoms with Crippen molar-refractivity contribution in [1.82, 2.24) is 0 Å². The van der Waals surface area contributed by atoms with E-state index >= 15 is 0 Å². The van der Waals surface area contributed by atoms with E-state index in [0.29, 0.717) is 12.2 Å². The maximum atomic E-state index is 13.3. The Kier molecular flexibility index (Phi) is 3.28. The largest absolute Gasteiger partial charge is 0.325 e. The highest BCUT2D eigenvalue weighted by Crippen LogP contribution is 2.42. The summed E-state index contributed by atoms with van der Waals surface area (Å²) in [6.07, 6.45) is 0. The van der Waals surface area contributed by atoms with Crippen LogP contribution < -0.4 is 9.62 Å². The fourth-order valence-electron chi connectivity index (χ4n) is 3.64. The third-order valence-corrected chi connectivity index (χ3v) is 7.02. The quantitative estimate of drug-likeness (QED) is 0.898. The second-order valence-electron chi connectivity index (χ2n) is 7.28. The SMILES string of the molecule is CC1CN(S(=O)(=O)c2ccc3c(c2)C(C)(C)C(=O)N3)c2ccccc21. The Morgan fingerprint density at radius 2 is 1.88 bits per heavy atom. The monoisotopic (exact) mass is 356 g/mol. The van der Waals surface area contributed by atoms with Crippen molar-refractivity contribution in [2.75, 3.05) is 16.2 Å². The van der Waals surface area contributed by atoms with Gasteiger partial charge >= 0.3 is 0 Å². The summed E-state index contributed by atoms with van der Waals surface area (Å²) >= 11 is 0. The molecule has 0 saturated heterocycles. The van der Waals surface area contributed by atoms with E-state index in [0.717, 1.165) is 16.8 Å². The van der Waals surface area contributed by atoms with Crippen LogP contribution in [0.25, 0.3) is 0 Å². The molecule has 2 aromatic rings. The van der Waals surface area contributed by atoms with Gasteiger partial charge in [-0.1, -0.05) is 25.1 Å². The minimum absolute atomic E-state index is 0.114. The first-order valence-electron chi connectivity index (χ1n) is 8.30. The highest BCUT2D eigenvalue weighted by molar-refractivity contribution is 7.92. The third kappa shape index (κ3) is 2.20. The molecular weight excluding hydrogens is 336 g/mol. The zero-order valence-corrected chi connectivity index (χ0v) is 15.2. The van der Waals surface area contributed by atoms with Crippen LogP contribution in [0.15, 0.2) is 47.4 Å². The van der Waals surface area contributed by atoms with Crippen molar-refractivity contribution in [2.24, 2.45) is 0 Å². The van der Waals surface area contributed by atoms with Crippen molar-refractivity contribution in [3.05, 3.63) is 53.6 Å². The van der Waals surface area contributed by atoms with Gasteiger partial charge in [-0.25, -0.2) is 8.42 Å². The second kappa shape index (κ2) is 5.08. The molecule has 4 rings (SSSR count). The Hall–Kier alpha value is -2.34. The van der Waals surface area contributed by atoms with Crippen LogP contribution in [-0.2, 0) is 20.2 Å². The topological polar surface area (TPSA) is 66.5 Å². The highest BCUT2D eigenvalue weighted by Gasteiger charge is 2.40. The molecule has 5 nitrogen and oxygen atoms in total. The number of benzene rings is 2. The number of carbonyl (C=O) groups excluding carboxylic acids is 1. The maximum Gasteiger partial charge on any atom is 0.264 e. The summed E-state index contributed by atoms with van der Waals surface area (Å²) in [5.74, 6) is 0.0391. The number of anilines is 2. The lowest BCUT2D eigenvalue weighted by Crippen LogP contribution is -2.30. The molecule has 1 unspecified atom stereocenters. The van der Waals surface area contributed by atoms with Gasteiger partial charge in [-0.2, -0.15) is 0 Å². The van der Waals surface area contributed by atoms with Crippen LogP contribution in [0.4, 0.5) is 11.4 Å². The average Bonchev–Trinajstić information content (AvgIpc) is 3.03. The molecule has 2 aromatic carbocycles. The van der Waals surface area contributed by atoms with Gasteiger partial charge in [-0.15, -0.1) is 0 Å². The zero-order valence-electron chi connectivity index (χ0n) is 14.4. The van der Waals surface area contributed by atoms with Gasteiger partial charge in [0.05, 0.1) is 16.0 Å². The Balaban J connectivity index is 1.82. The summed E-state index contributed by atoms with van der Waals surface area (Å²) < 4.78 is 28.0. The molecule has 0 fully saturated rings. The van der Waals surface area contributed by atoms with Crippen molar-refractivity contribution in [1.29, 1.82) is 0 Å². The number of para-hydroxylation sites is 1. The number of hydrogen-bond donors (Lipinski definition) is 1. The third-order valence-electron chi connectivity index (χ3n) is 5.24. The zero-order chi connectivity index (χ0) is 18.0. The number of rotatable bonds is 2. The smallest absolute Gasteiger partial charge is 0.264 e. The van der Waals surface area contributed by atoms with Crippen molar-refractivity contribution in [3.63, 3.8) is 0 Å². The summed E-state index contributed by atoms with van der Waals surface area (Å²) in [5, 5.41) is 2.81. The minimum atomic E-state index is -3.68. The lowest BCUT2D eigenvalue weighted by atomic mass is 9.86.